The second kappa shape index (κ2) is 6.76. The van der Waals surface area contributed by atoms with Crippen LogP contribution in [0.1, 0.15) is 21.6 Å². The third-order valence-corrected chi connectivity index (χ3v) is 5.43. The standard InChI is InChI=1S/C18H14N4O4S/c23-18(12-5-4-8-14(9-12)22(24)25)19-17-15-10-27(26)11-16(15)20-21(17)13-6-2-1-3-7-13/h1-9H,10-11H2,(H,19,23). The summed E-state index contributed by atoms with van der Waals surface area (Å²) in [6.07, 6.45) is 0. The van der Waals surface area contributed by atoms with Crippen molar-refractivity contribution >= 4 is 28.2 Å². The highest BCUT2D eigenvalue weighted by atomic mass is 32.2. The molecule has 1 amide bonds. The van der Waals surface area contributed by atoms with Crippen LogP contribution in [0.2, 0.25) is 0 Å². The molecule has 0 spiro atoms. The van der Waals surface area contributed by atoms with Gasteiger partial charge in [-0.1, -0.05) is 24.3 Å². The number of carbonyl (C=O) groups is 1. The number of amides is 1. The van der Waals surface area contributed by atoms with E-state index in [0.29, 0.717) is 23.0 Å². The Labute approximate surface area is 156 Å². The van der Waals surface area contributed by atoms with Crippen molar-refractivity contribution in [3.05, 3.63) is 81.5 Å². The zero-order valence-electron chi connectivity index (χ0n) is 14.0. The lowest BCUT2D eigenvalue weighted by molar-refractivity contribution is -0.384. The highest BCUT2D eigenvalue weighted by molar-refractivity contribution is 7.83. The molecule has 1 atom stereocenters. The monoisotopic (exact) mass is 382 g/mol. The summed E-state index contributed by atoms with van der Waals surface area (Å²) in [5, 5.41) is 18.2. The van der Waals surface area contributed by atoms with Gasteiger partial charge in [0.2, 0.25) is 0 Å². The molecule has 1 aliphatic rings. The fraction of sp³-hybridized carbons (Fsp3) is 0.111. The van der Waals surface area contributed by atoms with Gasteiger partial charge in [-0.2, -0.15) is 5.10 Å². The summed E-state index contributed by atoms with van der Waals surface area (Å²) >= 11 is 0. The van der Waals surface area contributed by atoms with Crippen LogP contribution in [0.4, 0.5) is 11.5 Å². The molecule has 2 heterocycles. The third-order valence-electron chi connectivity index (χ3n) is 4.22. The molecule has 1 aliphatic heterocycles. The number of para-hydroxylation sites is 1. The van der Waals surface area contributed by atoms with Gasteiger partial charge in [-0.05, 0) is 18.2 Å². The van der Waals surface area contributed by atoms with E-state index in [0.717, 1.165) is 11.3 Å². The van der Waals surface area contributed by atoms with Gasteiger partial charge >= 0.3 is 0 Å². The number of nitro groups is 1. The Morgan fingerprint density at radius 1 is 1.15 bits per heavy atom. The predicted molar refractivity (Wildman–Crippen MR) is 100 cm³/mol. The molecule has 0 fully saturated rings. The molecule has 0 saturated carbocycles. The van der Waals surface area contributed by atoms with Crippen LogP contribution >= 0.6 is 0 Å². The van der Waals surface area contributed by atoms with Gasteiger partial charge in [0.05, 0.1) is 27.8 Å². The van der Waals surface area contributed by atoms with Crippen LogP contribution in [0.5, 0.6) is 0 Å². The fourth-order valence-electron chi connectivity index (χ4n) is 2.95. The molecule has 1 aromatic heterocycles. The van der Waals surface area contributed by atoms with Gasteiger partial charge in [-0.3, -0.25) is 19.1 Å². The predicted octanol–water partition coefficient (Wildman–Crippen LogP) is 2.80. The third kappa shape index (κ3) is 3.24. The van der Waals surface area contributed by atoms with Crippen LogP contribution in [0, 0.1) is 10.1 Å². The molecule has 0 saturated heterocycles. The number of nitrogens with zero attached hydrogens (tertiary/aromatic N) is 3. The lowest BCUT2D eigenvalue weighted by atomic mass is 10.2. The maximum absolute atomic E-state index is 12.7. The molecule has 1 unspecified atom stereocenters. The van der Waals surface area contributed by atoms with Crippen molar-refractivity contribution in [3.8, 4) is 5.69 Å². The quantitative estimate of drug-likeness (QED) is 0.551. The second-order valence-corrected chi connectivity index (χ2v) is 7.47. The number of nitro benzene ring substituents is 1. The minimum absolute atomic E-state index is 0.162. The van der Waals surface area contributed by atoms with Crippen LogP contribution in [-0.2, 0) is 22.3 Å². The molecule has 0 radical (unpaired) electrons. The topological polar surface area (TPSA) is 107 Å². The first-order valence-electron chi connectivity index (χ1n) is 8.10. The van der Waals surface area contributed by atoms with Gasteiger partial charge in [0.1, 0.15) is 5.82 Å². The average Bonchev–Trinajstić information content (AvgIpc) is 3.19. The normalized spacial score (nSPS) is 15.3. The molecular weight excluding hydrogens is 368 g/mol. The Balaban J connectivity index is 1.73. The van der Waals surface area contributed by atoms with Crippen molar-refractivity contribution in [2.24, 2.45) is 0 Å². The Morgan fingerprint density at radius 3 is 2.67 bits per heavy atom. The number of carbonyl (C=O) groups excluding carboxylic acids is 1. The van der Waals surface area contributed by atoms with Crippen LogP contribution in [0.25, 0.3) is 5.69 Å². The largest absolute Gasteiger partial charge is 0.306 e. The number of hydrogen-bond donors (Lipinski definition) is 1. The summed E-state index contributed by atoms with van der Waals surface area (Å²) in [6, 6.07) is 14.8. The maximum Gasteiger partial charge on any atom is 0.270 e. The molecule has 2 aromatic carbocycles. The van der Waals surface area contributed by atoms with Gasteiger partial charge in [0, 0.05) is 34.1 Å². The van der Waals surface area contributed by atoms with Crippen LogP contribution in [-0.4, -0.2) is 24.8 Å². The van der Waals surface area contributed by atoms with Crippen molar-refractivity contribution in [3.63, 3.8) is 0 Å². The van der Waals surface area contributed by atoms with E-state index in [1.54, 1.807) is 4.68 Å². The molecule has 1 N–H and O–H groups in total. The van der Waals surface area contributed by atoms with Crippen molar-refractivity contribution in [2.75, 3.05) is 5.32 Å². The molecule has 136 valence electrons. The lowest BCUT2D eigenvalue weighted by Crippen LogP contribution is -2.16. The van der Waals surface area contributed by atoms with E-state index >= 15 is 0 Å². The minimum Gasteiger partial charge on any atom is -0.306 e. The van der Waals surface area contributed by atoms with E-state index < -0.39 is 21.6 Å². The van der Waals surface area contributed by atoms with Gasteiger partial charge < -0.3 is 5.32 Å². The summed E-state index contributed by atoms with van der Waals surface area (Å²) in [6.45, 7) is 0. The van der Waals surface area contributed by atoms with Crippen LogP contribution in [0.3, 0.4) is 0 Å². The minimum atomic E-state index is -1.05. The first-order chi connectivity index (χ1) is 13.0. The Hall–Kier alpha value is -3.33. The number of anilines is 1. The number of non-ortho nitro benzene ring substituents is 1. The summed E-state index contributed by atoms with van der Waals surface area (Å²) in [4.78, 5) is 23.1. The second-order valence-electron chi connectivity index (χ2n) is 6.01. The Kier molecular flexibility index (Phi) is 4.28. The highest BCUT2D eigenvalue weighted by Gasteiger charge is 2.28. The number of nitrogens with one attached hydrogen (secondary N) is 1. The summed E-state index contributed by atoms with van der Waals surface area (Å²) < 4.78 is 13.5. The van der Waals surface area contributed by atoms with E-state index in [9.17, 15) is 19.1 Å². The Morgan fingerprint density at radius 2 is 1.93 bits per heavy atom. The fourth-order valence-corrected chi connectivity index (χ4v) is 4.22. The number of rotatable bonds is 4. The van der Waals surface area contributed by atoms with Gasteiger partial charge in [0.15, 0.2) is 0 Å². The maximum atomic E-state index is 12.7. The summed E-state index contributed by atoms with van der Waals surface area (Å²) in [7, 11) is -1.05. The number of aromatic nitrogens is 2. The molecular formula is C18H14N4O4S. The van der Waals surface area contributed by atoms with E-state index in [2.05, 4.69) is 10.4 Å². The van der Waals surface area contributed by atoms with Crippen LogP contribution < -0.4 is 5.32 Å². The van der Waals surface area contributed by atoms with E-state index in [-0.39, 0.29) is 11.3 Å². The summed E-state index contributed by atoms with van der Waals surface area (Å²) in [5.74, 6) is 0.608. The van der Waals surface area contributed by atoms with Crippen LogP contribution in [0.15, 0.2) is 54.6 Å². The van der Waals surface area contributed by atoms with Gasteiger partial charge in [-0.15, -0.1) is 0 Å². The lowest BCUT2D eigenvalue weighted by Gasteiger charge is -2.11. The molecule has 3 aromatic rings. The van der Waals surface area contributed by atoms with Crippen molar-refractivity contribution < 1.29 is 13.9 Å². The Bertz CT molecular complexity index is 1080. The molecule has 0 bridgehead atoms. The molecule has 4 rings (SSSR count). The van der Waals surface area contributed by atoms with E-state index in [4.69, 9.17) is 0 Å². The van der Waals surface area contributed by atoms with Gasteiger partial charge in [0.25, 0.3) is 11.6 Å². The van der Waals surface area contributed by atoms with Crippen molar-refractivity contribution in [2.45, 2.75) is 11.5 Å². The van der Waals surface area contributed by atoms with E-state index in [1.165, 1.54) is 24.3 Å². The molecule has 8 nitrogen and oxygen atoms in total. The molecule has 0 aliphatic carbocycles. The van der Waals surface area contributed by atoms with Crippen molar-refractivity contribution in [1.82, 2.24) is 9.78 Å². The first-order valence-corrected chi connectivity index (χ1v) is 9.58. The first kappa shape index (κ1) is 17.1. The van der Waals surface area contributed by atoms with E-state index in [1.807, 2.05) is 30.3 Å². The number of hydrogen-bond acceptors (Lipinski definition) is 5. The average molecular weight is 382 g/mol. The smallest absolute Gasteiger partial charge is 0.270 e. The zero-order valence-corrected chi connectivity index (χ0v) is 14.8. The zero-order chi connectivity index (χ0) is 19.0. The van der Waals surface area contributed by atoms with Crippen molar-refractivity contribution in [1.29, 1.82) is 0 Å². The molecule has 27 heavy (non-hydrogen) atoms. The number of benzene rings is 2. The van der Waals surface area contributed by atoms with Gasteiger partial charge in [-0.25, -0.2) is 4.68 Å². The number of fused-ring (bicyclic) bond motifs is 1. The summed E-state index contributed by atoms with van der Waals surface area (Å²) in [5.41, 5.74) is 2.18. The molecule has 9 heteroatoms. The SMILES string of the molecule is O=C(Nc1c2c(nn1-c1ccccc1)CS(=O)C2)c1cccc([N+](=O)[O-])c1. The highest BCUT2D eigenvalue weighted by Crippen LogP contribution is 2.31.